The summed E-state index contributed by atoms with van der Waals surface area (Å²) < 4.78 is 5.29. The van der Waals surface area contributed by atoms with Crippen molar-refractivity contribution in [2.24, 2.45) is 0 Å². The largest absolute Gasteiger partial charge is 0.394 e. The van der Waals surface area contributed by atoms with E-state index < -0.39 is 29.9 Å². The molecule has 0 aromatic carbocycles. The van der Waals surface area contributed by atoms with Gasteiger partial charge in [0.05, 0.1) is 6.61 Å². The molecular formula is C9H18O5S. The maximum atomic E-state index is 9.63. The van der Waals surface area contributed by atoms with E-state index in [-0.39, 0.29) is 11.9 Å². The Bertz CT molecular complexity index is 199. The van der Waals surface area contributed by atoms with E-state index in [1.54, 1.807) is 0 Å². The summed E-state index contributed by atoms with van der Waals surface area (Å²) in [5.41, 5.74) is -0.611. The van der Waals surface area contributed by atoms with Crippen LogP contribution in [0.5, 0.6) is 0 Å². The summed E-state index contributed by atoms with van der Waals surface area (Å²) in [4.78, 5) is 0. The molecule has 1 heterocycles. The molecule has 4 N–H and O–H groups in total. The molecule has 0 aromatic heterocycles. The Morgan fingerprint density at radius 2 is 1.73 bits per heavy atom. The summed E-state index contributed by atoms with van der Waals surface area (Å²) in [7, 11) is 0. The van der Waals surface area contributed by atoms with Crippen molar-refractivity contribution < 1.29 is 25.2 Å². The summed E-state index contributed by atoms with van der Waals surface area (Å²) in [5.74, 6) is 0. The zero-order valence-corrected chi connectivity index (χ0v) is 9.59. The van der Waals surface area contributed by atoms with Crippen LogP contribution in [0.3, 0.4) is 0 Å². The van der Waals surface area contributed by atoms with E-state index in [1.165, 1.54) is 11.8 Å². The number of thioether (sulfide) groups is 1. The van der Waals surface area contributed by atoms with Gasteiger partial charge in [0.15, 0.2) is 0 Å². The fourth-order valence-corrected chi connectivity index (χ4v) is 2.51. The number of hydrogen-bond donors (Lipinski definition) is 4. The van der Waals surface area contributed by atoms with Crippen LogP contribution in [0.15, 0.2) is 0 Å². The Hall–Kier alpha value is 0.150. The van der Waals surface area contributed by atoms with Crippen molar-refractivity contribution in [2.45, 2.75) is 48.9 Å². The first-order valence-corrected chi connectivity index (χ1v) is 5.87. The van der Waals surface area contributed by atoms with Crippen LogP contribution >= 0.6 is 11.8 Å². The number of ether oxygens (including phenoxy) is 1. The molecule has 0 radical (unpaired) electrons. The monoisotopic (exact) mass is 238 g/mol. The van der Waals surface area contributed by atoms with Gasteiger partial charge < -0.3 is 25.2 Å². The highest BCUT2D eigenvalue weighted by Crippen LogP contribution is 2.30. The van der Waals surface area contributed by atoms with E-state index >= 15 is 0 Å². The lowest BCUT2D eigenvalue weighted by Gasteiger charge is -2.40. The first-order chi connectivity index (χ1) is 6.97. The number of rotatable bonds is 3. The van der Waals surface area contributed by atoms with Gasteiger partial charge in [0, 0.05) is 5.25 Å². The average molecular weight is 238 g/mol. The van der Waals surface area contributed by atoms with Crippen LogP contribution in [0.2, 0.25) is 0 Å². The van der Waals surface area contributed by atoms with E-state index in [2.05, 4.69) is 0 Å². The molecule has 5 nitrogen and oxygen atoms in total. The van der Waals surface area contributed by atoms with Gasteiger partial charge in [-0.25, -0.2) is 0 Å². The van der Waals surface area contributed by atoms with Crippen molar-refractivity contribution in [3.63, 3.8) is 0 Å². The van der Waals surface area contributed by atoms with Gasteiger partial charge in [-0.3, -0.25) is 0 Å². The van der Waals surface area contributed by atoms with Crippen molar-refractivity contribution in [3.05, 3.63) is 0 Å². The molecular weight excluding hydrogens is 220 g/mol. The Balaban J connectivity index is 2.65. The van der Waals surface area contributed by atoms with Gasteiger partial charge in [0.1, 0.15) is 29.9 Å². The van der Waals surface area contributed by atoms with Crippen LogP contribution in [0.25, 0.3) is 0 Å². The van der Waals surface area contributed by atoms with E-state index in [9.17, 15) is 15.3 Å². The highest BCUT2D eigenvalue weighted by molar-refractivity contribution is 8.00. The van der Waals surface area contributed by atoms with Crippen molar-refractivity contribution >= 4 is 11.8 Å². The van der Waals surface area contributed by atoms with Gasteiger partial charge in [0.25, 0.3) is 0 Å². The van der Waals surface area contributed by atoms with Crippen LogP contribution in [0, 0.1) is 0 Å². The lowest BCUT2D eigenvalue weighted by atomic mass is 10.0. The molecule has 0 aliphatic carbocycles. The minimum atomic E-state index is -1.27. The molecule has 1 saturated heterocycles. The molecule has 90 valence electrons. The summed E-state index contributed by atoms with van der Waals surface area (Å²) in [6.07, 6.45) is -4.48. The second kappa shape index (κ2) is 5.47. The molecule has 15 heavy (non-hydrogen) atoms. The summed E-state index contributed by atoms with van der Waals surface area (Å²) in [5, 5.41) is 37.8. The predicted octanol–water partition coefficient (Wildman–Crippen LogP) is -1.07. The smallest absolute Gasteiger partial charge is 0.132 e. The first kappa shape index (κ1) is 13.2. The van der Waals surface area contributed by atoms with Gasteiger partial charge in [0.2, 0.25) is 0 Å². The zero-order valence-electron chi connectivity index (χ0n) is 8.78. The molecule has 1 rings (SSSR count). The highest BCUT2D eigenvalue weighted by atomic mass is 32.2. The van der Waals surface area contributed by atoms with Crippen LogP contribution in [0.4, 0.5) is 0 Å². The standard InChI is InChI=1S/C9H18O5S/c1-4(2)15-9-8(13)7(12)6(11)5(3-10)14-9/h4-13H,3H2,1-2H3. The summed E-state index contributed by atoms with van der Waals surface area (Å²) in [6.45, 7) is 3.50. The molecule has 0 saturated carbocycles. The zero-order chi connectivity index (χ0) is 11.6. The average Bonchev–Trinajstić information content (AvgIpc) is 2.18. The molecule has 0 aromatic rings. The third-order valence-corrected chi connectivity index (χ3v) is 3.46. The number of aliphatic hydroxyl groups is 4. The van der Waals surface area contributed by atoms with Gasteiger partial charge in [-0.1, -0.05) is 13.8 Å². The highest BCUT2D eigenvalue weighted by Gasteiger charge is 2.43. The third kappa shape index (κ3) is 3.05. The molecule has 1 aliphatic rings. The van der Waals surface area contributed by atoms with E-state index in [4.69, 9.17) is 9.84 Å². The molecule has 6 heteroatoms. The van der Waals surface area contributed by atoms with Gasteiger partial charge in [-0.15, -0.1) is 11.8 Å². The first-order valence-electron chi connectivity index (χ1n) is 4.93. The number of hydrogen-bond acceptors (Lipinski definition) is 6. The van der Waals surface area contributed by atoms with Crippen LogP contribution < -0.4 is 0 Å². The second-order valence-electron chi connectivity index (χ2n) is 3.88. The maximum absolute atomic E-state index is 9.63. The molecule has 1 fully saturated rings. The fraction of sp³-hybridized carbons (Fsp3) is 1.00. The fourth-order valence-electron chi connectivity index (χ4n) is 1.45. The topological polar surface area (TPSA) is 90.2 Å². The van der Waals surface area contributed by atoms with E-state index in [0.29, 0.717) is 0 Å². The van der Waals surface area contributed by atoms with Gasteiger partial charge in [-0.05, 0) is 0 Å². The Labute approximate surface area is 93.1 Å². The predicted molar refractivity (Wildman–Crippen MR) is 56.5 cm³/mol. The van der Waals surface area contributed by atoms with Crippen LogP contribution in [-0.2, 0) is 4.74 Å². The Kier molecular flexibility index (Phi) is 4.82. The minimum Gasteiger partial charge on any atom is -0.394 e. The minimum absolute atomic E-state index is 0.228. The molecule has 0 amide bonds. The Morgan fingerprint density at radius 3 is 2.20 bits per heavy atom. The van der Waals surface area contributed by atoms with Crippen molar-refractivity contribution in [1.29, 1.82) is 0 Å². The Morgan fingerprint density at radius 1 is 1.13 bits per heavy atom. The molecule has 1 aliphatic heterocycles. The molecule has 5 atom stereocenters. The second-order valence-corrected chi connectivity index (χ2v) is 5.56. The lowest BCUT2D eigenvalue weighted by molar-refractivity contribution is -0.205. The van der Waals surface area contributed by atoms with Crippen LogP contribution in [-0.4, -0.2) is 62.1 Å². The van der Waals surface area contributed by atoms with Crippen molar-refractivity contribution in [2.75, 3.05) is 6.61 Å². The quantitative estimate of drug-likeness (QED) is 0.500. The van der Waals surface area contributed by atoms with Crippen molar-refractivity contribution in [1.82, 2.24) is 0 Å². The molecule has 0 bridgehead atoms. The van der Waals surface area contributed by atoms with Gasteiger partial charge in [-0.2, -0.15) is 0 Å². The lowest BCUT2D eigenvalue weighted by Crippen LogP contribution is -2.57. The number of aliphatic hydroxyl groups excluding tert-OH is 4. The molecule has 5 unspecified atom stereocenters. The maximum Gasteiger partial charge on any atom is 0.132 e. The van der Waals surface area contributed by atoms with E-state index in [0.717, 1.165) is 0 Å². The SMILES string of the molecule is CC(C)SC1OC(CO)C(O)C(O)C1O. The van der Waals surface area contributed by atoms with Crippen LogP contribution in [0.1, 0.15) is 13.8 Å². The third-order valence-electron chi connectivity index (χ3n) is 2.25. The molecule has 0 spiro atoms. The van der Waals surface area contributed by atoms with Crippen molar-refractivity contribution in [3.8, 4) is 0 Å². The van der Waals surface area contributed by atoms with E-state index in [1.807, 2.05) is 13.8 Å². The summed E-state index contributed by atoms with van der Waals surface area (Å²) >= 11 is 1.35. The normalized spacial score (nSPS) is 42.2. The summed E-state index contributed by atoms with van der Waals surface area (Å²) in [6, 6.07) is 0. The van der Waals surface area contributed by atoms with Gasteiger partial charge >= 0.3 is 0 Å².